The van der Waals surface area contributed by atoms with Crippen LogP contribution >= 0.6 is 11.6 Å². The summed E-state index contributed by atoms with van der Waals surface area (Å²) in [5.74, 6) is -1.55. The molecule has 8 heteroatoms. The standard InChI is InChI=1S/C10H10ClN3O3S/c11-8-2-1-7(13)5-9(8)18(16,17)6-10(15)14-4-3-12/h1-2,5H,4,6,13H2,(H,14,15). The summed E-state index contributed by atoms with van der Waals surface area (Å²) in [6, 6.07) is 5.66. The number of nitriles is 1. The van der Waals surface area contributed by atoms with E-state index >= 15 is 0 Å². The van der Waals surface area contributed by atoms with E-state index in [9.17, 15) is 13.2 Å². The summed E-state index contributed by atoms with van der Waals surface area (Å²) in [5, 5.41) is 10.4. The first-order chi connectivity index (χ1) is 8.36. The summed E-state index contributed by atoms with van der Waals surface area (Å²) in [5.41, 5.74) is 5.70. The van der Waals surface area contributed by atoms with Crippen molar-refractivity contribution in [2.24, 2.45) is 0 Å². The molecule has 0 heterocycles. The monoisotopic (exact) mass is 287 g/mol. The molecule has 0 aliphatic heterocycles. The lowest BCUT2D eigenvalue weighted by atomic mass is 10.3. The van der Waals surface area contributed by atoms with Gasteiger partial charge in [0.05, 0.1) is 16.0 Å². The minimum absolute atomic E-state index is 0.00252. The second-order valence-corrected chi connectivity index (χ2v) is 5.75. The van der Waals surface area contributed by atoms with E-state index in [1.165, 1.54) is 18.2 Å². The van der Waals surface area contributed by atoms with E-state index in [0.29, 0.717) is 0 Å². The maximum absolute atomic E-state index is 11.9. The lowest BCUT2D eigenvalue weighted by Crippen LogP contribution is -2.30. The van der Waals surface area contributed by atoms with Crippen LogP contribution in [-0.4, -0.2) is 26.6 Å². The largest absolute Gasteiger partial charge is 0.399 e. The molecule has 18 heavy (non-hydrogen) atoms. The first-order valence-electron chi connectivity index (χ1n) is 4.78. The van der Waals surface area contributed by atoms with Crippen molar-refractivity contribution in [1.29, 1.82) is 5.26 Å². The number of halogens is 1. The average molecular weight is 288 g/mol. The molecule has 1 aromatic carbocycles. The first kappa shape index (κ1) is 14.3. The highest BCUT2D eigenvalue weighted by Gasteiger charge is 2.22. The Hall–Kier alpha value is -1.78. The molecule has 6 nitrogen and oxygen atoms in total. The lowest BCUT2D eigenvalue weighted by molar-refractivity contribution is -0.118. The number of nitrogen functional groups attached to an aromatic ring is 1. The van der Waals surface area contributed by atoms with Gasteiger partial charge in [-0.25, -0.2) is 8.42 Å². The maximum atomic E-state index is 11.9. The normalized spacial score (nSPS) is 10.7. The number of carbonyl (C=O) groups excluding carboxylic acids is 1. The Bertz CT molecular complexity index is 607. The van der Waals surface area contributed by atoms with Gasteiger partial charge in [0.15, 0.2) is 9.84 Å². The van der Waals surface area contributed by atoms with Gasteiger partial charge in [-0.1, -0.05) is 11.6 Å². The second kappa shape index (κ2) is 5.71. The van der Waals surface area contributed by atoms with Crippen LogP contribution in [0.1, 0.15) is 0 Å². The van der Waals surface area contributed by atoms with Gasteiger partial charge in [-0.05, 0) is 18.2 Å². The molecule has 0 unspecified atom stereocenters. The van der Waals surface area contributed by atoms with E-state index in [2.05, 4.69) is 5.32 Å². The predicted molar refractivity (Wildman–Crippen MR) is 66.5 cm³/mol. The molecule has 0 radical (unpaired) electrons. The molecule has 1 aromatic rings. The van der Waals surface area contributed by atoms with Crippen molar-refractivity contribution in [1.82, 2.24) is 5.32 Å². The number of nitrogens with two attached hydrogens (primary N) is 1. The van der Waals surface area contributed by atoms with Crippen LogP contribution in [0.2, 0.25) is 5.02 Å². The second-order valence-electron chi connectivity index (χ2n) is 3.38. The fourth-order valence-corrected chi connectivity index (χ4v) is 2.95. The number of hydrogen-bond acceptors (Lipinski definition) is 5. The van der Waals surface area contributed by atoms with Crippen LogP contribution < -0.4 is 11.1 Å². The number of anilines is 1. The Morgan fingerprint density at radius 2 is 2.17 bits per heavy atom. The fraction of sp³-hybridized carbons (Fsp3) is 0.200. The Kier molecular flexibility index (Phi) is 4.53. The number of amides is 1. The van der Waals surface area contributed by atoms with Crippen LogP contribution in [-0.2, 0) is 14.6 Å². The summed E-state index contributed by atoms with van der Waals surface area (Å²) < 4.78 is 23.8. The fourth-order valence-electron chi connectivity index (χ4n) is 1.20. The van der Waals surface area contributed by atoms with Crippen molar-refractivity contribution < 1.29 is 13.2 Å². The van der Waals surface area contributed by atoms with Gasteiger partial charge < -0.3 is 11.1 Å². The van der Waals surface area contributed by atoms with Gasteiger partial charge in [-0.15, -0.1) is 0 Å². The van der Waals surface area contributed by atoms with Crippen molar-refractivity contribution in [2.45, 2.75) is 4.90 Å². The highest BCUT2D eigenvalue weighted by molar-refractivity contribution is 7.92. The van der Waals surface area contributed by atoms with Gasteiger partial charge in [-0.2, -0.15) is 5.26 Å². The molecule has 0 atom stereocenters. The third-order valence-electron chi connectivity index (χ3n) is 1.98. The van der Waals surface area contributed by atoms with Crippen molar-refractivity contribution in [2.75, 3.05) is 18.0 Å². The van der Waals surface area contributed by atoms with Gasteiger partial charge in [-0.3, -0.25) is 4.79 Å². The zero-order valence-electron chi connectivity index (χ0n) is 9.18. The molecular formula is C10H10ClN3O3S. The lowest BCUT2D eigenvalue weighted by Gasteiger charge is -2.07. The minimum Gasteiger partial charge on any atom is -0.399 e. The van der Waals surface area contributed by atoms with E-state index in [1.807, 2.05) is 0 Å². The van der Waals surface area contributed by atoms with E-state index in [-0.39, 0.29) is 22.2 Å². The Labute approximate surface area is 109 Å². The van der Waals surface area contributed by atoms with E-state index in [4.69, 9.17) is 22.6 Å². The van der Waals surface area contributed by atoms with Gasteiger partial charge >= 0.3 is 0 Å². The van der Waals surface area contributed by atoms with Crippen molar-refractivity contribution in [3.63, 3.8) is 0 Å². The quantitative estimate of drug-likeness (QED) is 0.612. The van der Waals surface area contributed by atoms with Crippen molar-refractivity contribution in [3.8, 4) is 6.07 Å². The number of rotatable bonds is 4. The van der Waals surface area contributed by atoms with Gasteiger partial charge in [0, 0.05) is 5.69 Å². The summed E-state index contributed by atoms with van der Waals surface area (Å²) in [4.78, 5) is 11.1. The molecule has 0 bridgehead atoms. The van der Waals surface area contributed by atoms with Crippen LogP contribution in [0.4, 0.5) is 5.69 Å². The minimum atomic E-state index is -3.88. The average Bonchev–Trinajstić information content (AvgIpc) is 2.29. The number of nitrogens with one attached hydrogen (secondary N) is 1. The molecule has 0 fully saturated rings. The highest BCUT2D eigenvalue weighted by atomic mass is 35.5. The van der Waals surface area contributed by atoms with E-state index in [0.717, 1.165) is 0 Å². The van der Waals surface area contributed by atoms with Crippen molar-refractivity contribution >= 4 is 33.0 Å². The molecule has 0 spiro atoms. The zero-order valence-corrected chi connectivity index (χ0v) is 10.8. The third-order valence-corrected chi connectivity index (χ3v) is 4.07. The Balaban J connectivity index is 2.97. The molecule has 1 amide bonds. The van der Waals surface area contributed by atoms with Crippen LogP contribution in [0.5, 0.6) is 0 Å². The number of carbonyl (C=O) groups is 1. The smallest absolute Gasteiger partial charge is 0.236 e. The molecule has 1 rings (SSSR count). The van der Waals surface area contributed by atoms with Gasteiger partial charge in [0.1, 0.15) is 12.3 Å². The summed E-state index contributed by atoms with van der Waals surface area (Å²) >= 11 is 5.75. The molecule has 3 N–H and O–H groups in total. The molecular weight excluding hydrogens is 278 g/mol. The van der Waals surface area contributed by atoms with Gasteiger partial charge in [0.2, 0.25) is 5.91 Å². The third kappa shape index (κ3) is 3.61. The van der Waals surface area contributed by atoms with Gasteiger partial charge in [0.25, 0.3) is 0 Å². The van der Waals surface area contributed by atoms with Crippen LogP contribution in [0.3, 0.4) is 0 Å². The van der Waals surface area contributed by atoms with Crippen LogP contribution in [0, 0.1) is 11.3 Å². The van der Waals surface area contributed by atoms with E-state index < -0.39 is 21.5 Å². The number of hydrogen-bond donors (Lipinski definition) is 2. The molecule has 96 valence electrons. The molecule has 0 saturated heterocycles. The van der Waals surface area contributed by atoms with E-state index in [1.54, 1.807) is 6.07 Å². The molecule has 0 aliphatic rings. The zero-order chi connectivity index (χ0) is 13.8. The van der Waals surface area contributed by atoms with Crippen LogP contribution in [0.15, 0.2) is 23.1 Å². The molecule has 0 aromatic heterocycles. The molecule has 0 aliphatic carbocycles. The Morgan fingerprint density at radius 1 is 1.50 bits per heavy atom. The summed E-state index contributed by atoms with van der Waals surface area (Å²) in [7, 11) is -3.88. The number of nitrogens with zero attached hydrogens (tertiary/aromatic N) is 1. The number of sulfone groups is 1. The Morgan fingerprint density at radius 3 is 2.78 bits per heavy atom. The first-order valence-corrected chi connectivity index (χ1v) is 6.81. The predicted octanol–water partition coefficient (Wildman–Crippen LogP) is 0.336. The topological polar surface area (TPSA) is 113 Å². The highest BCUT2D eigenvalue weighted by Crippen LogP contribution is 2.24. The summed E-state index contributed by atoms with van der Waals surface area (Å²) in [6.45, 7) is -0.251. The summed E-state index contributed by atoms with van der Waals surface area (Å²) in [6.07, 6.45) is 0. The number of benzene rings is 1. The van der Waals surface area contributed by atoms with Crippen molar-refractivity contribution in [3.05, 3.63) is 23.2 Å². The maximum Gasteiger partial charge on any atom is 0.236 e. The SMILES string of the molecule is N#CCNC(=O)CS(=O)(=O)c1cc(N)ccc1Cl. The van der Waals surface area contributed by atoms with Crippen LogP contribution in [0.25, 0.3) is 0 Å². The molecule has 0 saturated carbocycles.